The molecule has 0 radical (unpaired) electrons. The van der Waals surface area contributed by atoms with Gasteiger partial charge in [0.2, 0.25) is 0 Å². The van der Waals surface area contributed by atoms with Gasteiger partial charge in [-0.3, -0.25) is 0 Å². The van der Waals surface area contributed by atoms with Crippen molar-refractivity contribution < 1.29 is 29.5 Å². The Kier molecular flexibility index (Phi) is 3.50. The number of methoxy groups -OCH3 is 3. The topological polar surface area (TPSA) is 100 Å². The molecule has 158 valence electrons. The zero-order chi connectivity index (χ0) is 19.7. The molecule has 7 heteroatoms. The molecule has 1 aliphatic heterocycles. The summed E-state index contributed by atoms with van der Waals surface area (Å²) in [6, 6.07) is 0.0326. The first kappa shape index (κ1) is 18.5. The van der Waals surface area contributed by atoms with Gasteiger partial charge in [-0.15, -0.1) is 0 Å². The summed E-state index contributed by atoms with van der Waals surface area (Å²) in [7, 11) is 5.08. The van der Waals surface area contributed by atoms with Crippen LogP contribution >= 0.6 is 0 Å². The van der Waals surface area contributed by atoms with Gasteiger partial charge in [-0.2, -0.15) is 0 Å². The lowest BCUT2D eigenvalue weighted by Gasteiger charge is -2.68. The fourth-order valence-corrected chi connectivity index (χ4v) is 9.63. The Morgan fingerprint density at radius 3 is 2.43 bits per heavy atom. The lowest BCUT2D eigenvalue weighted by Crippen LogP contribution is -2.82. The molecule has 5 saturated carbocycles. The minimum atomic E-state index is -1.34. The molecular weight excluding hydrogens is 362 g/mol. The van der Waals surface area contributed by atoms with E-state index >= 15 is 0 Å². The fourth-order valence-electron chi connectivity index (χ4n) is 9.63. The number of rotatable bonds is 3. The number of hydrogen-bond acceptors (Lipinski definition) is 7. The quantitative estimate of drug-likeness (QED) is 0.519. The summed E-state index contributed by atoms with van der Waals surface area (Å²) in [6.07, 6.45) is 2.70. The summed E-state index contributed by atoms with van der Waals surface area (Å²) in [4.78, 5) is 0. The zero-order valence-electron chi connectivity index (χ0n) is 16.9. The summed E-state index contributed by atoms with van der Waals surface area (Å²) in [6.45, 7) is 0.559. The standard InChI is InChI=1S/C21H33NO6/c1-26-12-8-19(24)11-7-13-18(23)5-4-15(27-2)20(13,16(11)22-9-18)14-6-10(12)17(28-3)21(14,19)25/h10-17,22-25H,4-9H2,1-3H3/t10-,11+,12?,13-,14+,15?,16-,17?,18-,19+,20+,21+/m1/s1. The Bertz CT molecular complexity index is 706. The predicted molar refractivity (Wildman–Crippen MR) is 98.5 cm³/mol. The molecule has 6 rings (SSSR count). The molecule has 3 unspecified atom stereocenters. The highest BCUT2D eigenvalue weighted by atomic mass is 16.5. The molecule has 12 atom stereocenters. The van der Waals surface area contributed by atoms with Crippen LogP contribution in [0, 0.1) is 29.1 Å². The van der Waals surface area contributed by atoms with Gasteiger partial charge < -0.3 is 34.8 Å². The Labute approximate surface area is 165 Å². The number of hydrogen-bond donors (Lipinski definition) is 4. The predicted octanol–water partition coefficient (Wildman–Crippen LogP) is -0.334. The molecule has 5 aliphatic carbocycles. The van der Waals surface area contributed by atoms with Crippen molar-refractivity contribution >= 4 is 0 Å². The second-order valence-electron chi connectivity index (χ2n) is 10.5. The summed E-state index contributed by atoms with van der Waals surface area (Å²) >= 11 is 0. The van der Waals surface area contributed by atoms with Crippen molar-refractivity contribution in [3.63, 3.8) is 0 Å². The number of aliphatic hydroxyl groups is 3. The normalized spacial score (nSPS) is 66.2. The van der Waals surface area contributed by atoms with Crippen LogP contribution in [-0.4, -0.2) is 84.4 Å². The largest absolute Gasteiger partial charge is 0.388 e. The average molecular weight is 395 g/mol. The van der Waals surface area contributed by atoms with E-state index in [0.717, 1.165) is 12.8 Å². The van der Waals surface area contributed by atoms with Crippen LogP contribution < -0.4 is 5.32 Å². The monoisotopic (exact) mass is 395 g/mol. The molecule has 4 N–H and O–H groups in total. The van der Waals surface area contributed by atoms with E-state index in [1.807, 2.05) is 0 Å². The second-order valence-corrected chi connectivity index (χ2v) is 10.5. The molecule has 0 aromatic heterocycles. The van der Waals surface area contributed by atoms with Crippen LogP contribution in [0.3, 0.4) is 0 Å². The first-order valence-electron chi connectivity index (χ1n) is 10.8. The van der Waals surface area contributed by atoms with Crippen molar-refractivity contribution in [2.24, 2.45) is 29.1 Å². The van der Waals surface area contributed by atoms with Crippen LogP contribution in [0.2, 0.25) is 0 Å². The lowest BCUT2D eigenvalue weighted by molar-refractivity contribution is -0.324. The van der Waals surface area contributed by atoms with Crippen LogP contribution in [0.25, 0.3) is 0 Å². The average Bonchev–Trinajstić information content (AvgIpc) is 3.08. The zero-order valence-corrected chi connectivity index (χ0v) is 16.9. The third kappa shape index (κ3) is 1.58. The van der Waals surface area contributed by atoms with Gasteiger partial charge in [-0.25, -0.2) is 0 Å². The van der Waals surface area contributed by atoms with Gasteiger partial charge in [0.25, 0.3) is 0 Å². The van der Waals surface area contributed by atoms with E-state index in [-0.39, 0.29) is 47.3 Å². The maximum Gasteiger partial charge on any atom is 0.124 e. The van der Waals surface area contributed by atoms with Gasteiger partial charge in [0.05, 0.1) is 23.9 Å². The number of ether oxygens (including phenoxy) is 3. The highest BCUT2D eigenvalue weighted by Crippen LogP contribution is 2.77. The maximum absolute atomic E-state index is 12.3. The molecular formula is C21H33NO6. The molecule has 1 spiro atoms. The molecule has 0 amide bonds. The van der Waals surface area contributed by atoms with Crippen molar-refractivity contribution in [3.8, 4) is 0 Å². The van der Waals surface area contributed by atoms with Crippen molar-refractivity contribution in [3.05, 3.63) is 0 Å². The molecule has 1 heterocycles. The molecule has 0 aromatic carbocycles. The summed E-state index contributed by atoms with van der Waals surface area (Å²) < 4.78 is 17.8. The summed E-state index contributed by atoms with van der Waals surface area (Å²) in [5.41, 5.74) is -3.83. The van der Waals surface area contributed by atoms with Crippen LogP contribution in [0.1, 0.15) is 32.1 Å². The van der Waals surface area contributed by atoms with E-state index in [1.165, 1.54) is 0 Å². The maximum atomic E-state index is 12.3. The van der Waals surface area contributed by atoms with E-state index in [0.29, 0.717) is 25.8 Å². The van der Waals surface area contributed by atoms with Crippen molar-refractivity contribution in [1.29, 1.82) is 0 Å². The fraction of sp³-hybridized carbons (Fsp3) is 1.00. The Hall–Kier alpha value is -0.280. The number of β-amino-alcohol motifs (C(OH)–C–C–N with tert-alkyl or cyclic N) is 1. The molecule has 6 fully saturated rings. The van der Waals surface area contributed by atoms with E-state index in [1.54, 1.807) is 21.3 Å². The van der Waals surface area contributed by atoms with Crippen molar-refractivity contribution in [2.75, 3.05) is 27.9 Å². The van der Waals surface area contributed by atoms with Gasteiger partial charge in [-0.05, 0) is 31.6 Å². The first-order valence-corrected chi connectivity index (χ1v) is 10.8. The van der Waals surface area contributed by atoms with Gasteiger partial charge in [0.15, 0.2) is 0 Å². The first-order chi connectivity index (χ1) is 13.3. The molecule has 28 heavy (non-hydrogen) atoms. The van der Waals surface area contributed by atoms with E-state index in [2.05, 4.69) is 5.32 Å². The molecule has 6 aliphatic rings. The molecule has 1 saturated heterocycles. The van der Waals surface area contributed by atoms with Crippen LogP contribution in [0.15, 0.2) is 0 Å². The Balaban J connectivity index is 1.61. The number of fused-ring (bicyclic) bond motifs is 2. The SMILES string of the molecule is COC1C[C@]2(O)[C@H]3C[C@@H]4[C@@]5(O)CCC(OC)[C@@]4([C@@H]3NC5)[C@@H]3C[C@H]1C(OC)[C@@]32O. The highest BCUT2D eigenvalue weighted by Gasteiger charge is 2.87. The van der Waals surface area contributed by atoms with Gasteiger partial charge in [0.1, 0.15) is 11.2 Å². The third-order valence-electron chi connectivity index (χ3n) is 10.3. The Morgan fingerprint density at radius 1 is 0.964 bits per heavy atom. The van der Waals surface area contributed by atoms with Crippen molar-refractivity contribution in [2.45, 2.75) is 73.3 Å². The molecule has 0 aromatic rings. The van der Waals surface area contributed by atoms with E-state index < -0.39 is 22.9 Å². The number of nitrogens with one attached hydrogen (secondary N) is 1. The van der Waals surface area contributed by atoms with Crippen LogP contribution in [0.4, 0.5) is 0 Å². The Morgan fingerprint density at radius 2 is 1.75 bits per heavy atom. The minimum Gasteiger partial charge on any atom is -0.388 e. The van der Waals surface area contributed by atoms with E-state index in [4.69, 9.17) is 14.2 Å². The van der Waals surface area contributed by atoms with E-state index in [9.17, 15) is 15.3 Å². The number of piperidine rings is 1. The van der Waals surface area contributed by atoms with Crippen LogP contribution in [-0.2, 0) is 14.2 Å². The summed E-state index contributed by atoms with van der Waals surface area (Å²) in [5, 5.41) is 39.7. The molecule has 7 bridgehead atoms. The second kappa shape index (κ2) is 5.31. The lowest BCUT2D eigenvalue weighted by atomic mass is 9.44. The highest BCUT2D eigenvalue weighted by molar-refractivity contribution is 5.38. The summed E-state index contributed by atoms with van der Waals surface area (Å²) in [5.74, 6) is -0.292. The minimum absolute atomic E-state index is 0.0239. The van der Waals surface area contributed by atoms with Crippen LogP contribution in [0.5, 0.6) is 0 Å². The molecule has 7 nitrogen and oxygen atoms in total. The third-order valence-corrected chi connectivity index (χ3v) is 10.3. The van der Waals surface area contributed by atoms with Gasteiger partial charge in [0, 0.05) is 63.5 Å². The van der Waals surface area contributed by atoms with Gasteiger partial charge in [-0.1, -0.05) is 0 Å². The van der Waals surface area contributed by atoms with Crippen molar-refractivity contribution in [1.82, 2.24) is 5.32 Å². The smallest absolute Gasteiger partial charge is 0.124 e. The van der Waals surface area contributed by atoms with Gasteiger partial charge >= 0.3 is 0 Å².